The number of carbonyl (C=O) groups excluding carboxylic acids is 2. The zero-order valence-corrected chi connectivity index (χ0v) is 8.03. The molecular weight excluding hydrogens is 240 g/mol. The predicted octanol–water partition coefficient (Wildman–Crippen LogP) is -2.06. The highest BCUT2D eigenvalue weighted by Gasteiger charge is 2.32. The normalized spacial score (nSPS) is 14.1. The Balaban J connectivity index is 5.13. The van der Waals surface area contributed by atoms with Crippen LogP contribution in [0.3, 0.4) is 0 Å². The van der Waals surface area contributed by atoms with Crippen LogP contribution >= 0.6 is 0 Å². The first-order chi connectivity index (χ1) is 6.29. The second-order valence-electron chi connectivity index (χ2n) is 1.68. The molecule has 0 aliphatic carbocycles. The third-order valence-electron chi connectivity index (χ3n) is 0.838. The summed E-state index contributed by atoms with van der Waals surface area (Å²) in [6, 6.07) is -3.18. The van der Waals surface area contributed by atoms with Crippen molar-refractivity contribution in [3.63, 3.8) is 0 Å². The Hall–Kier alpha value is -1.24. The Morgan fingerprint density at radius 2 is 1.14 bits per heavy atom. The van der Waals surface area contributed by atoms with Gasteiger partial charge in [0.25, 0.3) is 22.5 Å². The lowest BCUT2D eigenvalue weighted by molar-refractivity contribution is 0.165. The van der Waals surface area contributed by atoms with Gasteiger partial charge in [0.2, 0.25) is 0 Å². The minimum Gasteiger partial charge on any atom is -0.349 e. The Bertz CT molecular complexity index is 246. The molecule has 0 rings (SSSR count). The van der Waals surface area contributed by atoms with Gasteiger partial charge in [-0.25, -0.2) is 18.0 Å². The number of nitrogens with zero attached hydrogens (tertiary/aromatic N) is 2. The second kappa shape index (κ2) is 4.85. The molecule has 0 saturated carbocycles. The van der Waals surface area contributed by atoms with Gasteiger partial charge < -0.3 is 11.5 Å². The number of hydrazine groups is 1. The van der Waals surface area contributed by atoms with Crippen molar-refractivity contribution in [2.75, 3.05) is 0 Å². The molecule has 0 bridgehead atoms. The summed E-state index contributed by atoms with van der Waals surface area (Å²) in [5.74, 6) is 0. The topological polar surface area (TPSA) is 167 Å². The maximum Gasteiger partial charge on any atom is 0.349 e. The molecule has 82 valence electrons. The maximum absolute atomic E-state index is 10.5. The molecule has 0 aromatic rings. The van der Waals surface area contributed by atoms with Gasteiger partial charge in [0.15, 0.2) is 0 Å². The van der Waals surface area contributed by atoms with E-state index in [1.54, 1.807) is 0 Å². The molecule has 10 nitrogen and oxygen atoms in total. The lowest BCUT2D eigenvalue weighted by Crippen LogP contribution is -2.54. The van der Waals surface area contributed by atoms with E-state index < -0.39 is 34.6 Å². The molecule has 0 aliphatic rings. The highest BCUT2D eigenvalue weighted by molar-refractivity contribution is 7.80. The van der Waals surface area contributed by atoms with E-state index in [0.717, 1.165) is 0 Å². The monoisotopic (exact) mass is 246 g/mol. The number of nitrogens with two attached hydrogens (primary N) is 2. The fourth-order valence-corrected chi connectivity index (χ4v) is 1.52. The Labute approximate surface area is 82.6 Å². The molecule has 0 aromatic heterocycles. The van der Waals surface area contributed by atoms with E-state index in [0.29, 0.717) is 0 Å². The van der Waals surface area contributed by atoms with Crippen LogP contribution in [0.2, 0.25) is 0 Å². The molecule has 6 N–H and O–H groups in total. The zero-order valence-electron chi connectivity index (χ0n) is 6.39. The summed E-state index contributed by atoms with van der Waals surface area (Å²) < 4.78 is 37.0. The third-order valence-corrected chi connectivity index (χ3v) is 2.22. The summed E-state index contributed by atoms with van der Waals surface area (Å²) in [5.41, 5.74) is 9.11. The number of amides is 4. The number of hydrogen-bond acceptors (Lipinski definition) is 4. The highest BCUT2D eigenvalue weighted by atomic mass is 32.2. The van der Waals surface area contributed by atoms with Crippen molar-refractivity contribution in [1.29, 1.82) is 0 Å². The van der Waals surface area contributed by atoms with Crippen molar-refractivity contribution in [2.45, 2.75) is 0 Å². The molecule has 0 saturated heterocycles. The van der Waals surface area contributed by atoms with Crippen molar-refractivity contribution < 1.29 is 27.1 Å². The smallest absolute Gasteiger partial charge is 0.349 e. The van der Waals surface area contributed by atoms with Crippen LogP contribution in [0.15, 0.2) is 0 Å². The van der Waals surface area contributed by atoms with Crippen LogP contribution < -0.4 is 11.5 Å². The van der Waals surface area contributed by atoms with Crippen LogP contribution in [0.25, 0.3) is 0 Å². The third kappa shape index (κ3) is 2.91. The Morgan fingerprint density at radius 1 is 0.929 bits per heavy atom. The quantitative estimate of drug-likeness (QED) is 0.322. The van der Waals surface area contributed by atoms with Crippen molar-refractivity contribution in [1.82, 2.24) is 8.83 Å². The standard InChI is InChI=1S/C2H6N4O6S2/c3-1(7)5(13(9)10)6(2(4)8)14(11)12/h(H2,3,7)(H2,4,8)(H,9,10)(H,11,12). The van der Waals surface area contributed by atoms with Crippen molar-refractivity contribution in [3.05, 3.63) is 0 Å². The van der Waals surface area contributed by atoms with Crippen LogP contribution in [0.4, 0.5) is 9.59 Å². The molecular formula is C2H6N4O6S2. The van der Waals surface area contributed by atoms with Gasteiger partial charge in [-0.1, -0.05) is 0 Å². The molecule has 2 unspecified atom stereocenters. The lowest BCUT2D eigenvalue weighted by atomic mass is 11.0. The van der Waals surface area contributed by atoms with E-state index in [-0.39, 0.29) is 8.83 Å². The van der Waals surface area contributed by atoms with Gasteiger partial charge in [0.1, 0.15) is 0 Å². The summed E-state index contributed by atoms with van der Waals surface area (Å²) in [6.07, 6.45) is 0. The first-order valence-electron chi connectivity index (χ1n) is 2.70. The molecule has 4 amide bonds. The van der Waals surface area contributed by atoms with Crippen LogP contribution in [0, 0.1) is 0 Å². The molecule has 14 heavy (non-hydrogen) atoms. The summed E-state index contributed by atoms with van der Waals surface area (Å²) in [4.78, 5) is 21.0. The number of carbonyl (C=O) groups is 2. The number of primary amides is 2. The minimum absolute atomic E-state index is 0.377. The number of rotatable bonds is 2. The molecule has 0 spiro atoms. The van der Waals surface area contributed by atoms with Crippen LogP contribution in [-0.2, 0) is 22.5 Å². The van der Waals surface area contributed by atoms with Crippen molar-refractivity contribution in [2.24, 2.45) is 11.5 Å². The van der Waals surface area contributed by atoms with E-state index in [9.17, 15) is 18.0 Å². The van der Waals surface area contributed by atoms with Crippen molar-refractivity contribution in [3.8, 4) is 0 Å². The van der Waals surface area contributed by atoms with Crippen LogP contribution in [0.5, 0.6) is 0 Å². The SMILES string of the molecule is NC(=O)N(N(C(N)=O)S(=O)O)S(=O)O. The fourth-order valence-electron chi connectivity index (χ4n) is 0.460. The van der Waals surface area contributed by atoms with Gasteiger partial charge in [-0.2, -0.15) is 0 Å². The average molecular weight is 246 g/mol. The number of urea groups is 2. The molecule has 0 fully saturated rings. The largest absolute Gasteiger partial charge is 0.349 e. The maximum atomic E-state index is 10.5. The molecule has 0 radical (unpaired) electrons. The first kappa shape index (κ1) is 12.8. The van der Waals surface area contributed by atoms with Gasteiger partial charge in [-0.05, 0) is 0 Å². The fraction of sp³-hybridized carbons (Fsp3) is 0. The Morgan fingerprint density at radius 3 is 1.21 bits per heavy atom. The van der Waals surface area contributed by atoms with E-state index in [2.05, 4.69) is 11.5 Å². The van der Waals surface area contributed by atoms with Gasteiger partial charge in [-0.15, -0.1) is 8.83 Å². The molecule has 0 aliphatic heterocycles. The average Bonchev–Trinajstić information content (AvgIpc) is 1.96. The van der Waals surface area contributed by atoms with E-state index in [4.69, 9.17) is 9.11 Å². The minimum atomic E-state index is -3.07. The molecule has 0 aromatic carbocycles. The summed E-state index contributed by atoms with van der Waals surface area (Å²) in [6.45, 7) is 0. The van der Waals surface area contributed by atoms with E-state index in [1.165, 1.54) is 0 Å². The highest BCUT2D eigenvalue weighted by Crippen LogP contribution is 2.03. The number of hydrogen-bond donors (Lipinski definition) is 4. The van der Waals surface area contributed by atoms with Gasteiger partial charge in [0, 0.05) is 0 Å². The van der Waals surface area contributed by atoms with Gasteiger partial charge >= 0.3 is 12.1 Å². The molecule has 2 atom stereocenters. The molecule has 12 heteroatoms. The van der Waals surface area contributed by atoms with Crippen LogP contribution in [0.1, 0.15) is 0 Å². The summed E-state index contributed by atoms with van der Waals surface area (Å²) in [7, 11) is 0. The van der Waals surface area contributed by atoms with Gasteiger partial charge in [0.05, 0.1) is 0 Å². The first-order valence-corrected chi connectivity index (χ1v) is 4.82. The molecule has 0 heterocycles. The summed E-state index contributed by atoms with van der Waals surface area (Å²) in [5, 5.41) is 0. The van der Waals surface area contributed by atoms with Crippen LogP contribution in [-0.4, -0.2) is 38.4 Å². The second-order valence-corrected chi connectivity index (χ2v) is 3.30. The van der Waals surface area contributed by atoms with Crippen molar-refractivity contribution >= 4 is 34.6 Å². The summed E-state index contributed by atoms with van der Waals surface area (Å²) >= 11 is -6.15. The predicted molar refractivity (Wildman–Crippen MR) is 44.4 cm³/mol. The van der Waals surface area contributed by atoms with Gasteiger partial charge in [-0.3, -0.25) is 9.11 Å². The van der Waals surface area contributed by atoms with E-state index in [1.807, 2.05) is 0 Å². The van der Waals surface area contributed by atoms with E-state index >= 15 is 0 Å². The zero-order chi connectivity index (χ0) is 11.5. The lowest BCUT2D eigenvalue weighted by Gasteiger charge is -2.23. The Kier molecular flexibility index (Phi) is 4.42.